The molecule has 15 heavy (non-hydrogen) atoms. The number of rotatable bonds is 1. The van der Waals surface area contributed by atoms with Gasteiger partial charge < -0.3 is 0 Å². The lowest BCUT2D eigenvalue weighted by atomic mass is 10.2. The van der Waals surface area contributed by atoms with Crippen molar-refractivity contribution in [1.82, 2.24) is 0 Å². The predicted octanol–water partition coefficient (Wildman–Crippen LogP) is 2.65. The summed E-state index contributed by atoms with van der Waals surface area (Å²) in [6, 6.07) is 7.60. The maximum Gasteiger partial charge on any atom is 0.253 e. The molecule has 1 aliphatic carbocycles. The van der Waals surface area contributed by atoms with Gasteiger partial charge in [0.15, 0.2) is 0 Å². The third-order valence-corrected chi connectivity index (χ3v) is 3.53. The zero-order valence-corrected chi connectivity index (χ0v) is 9.66. The van der Waals surface area contributed by atoms with Gasteiger partial charge >= 0.3 is 0 Å². The first kappa shape index (κ1) is 9.36. The fourth-order valence-electron chi connectivity index (χ4n) is 1.83. The van der Waals surface area contributed by atoms with Gasteiger partial charge in [-0.05, 0) is 40.9 Å². The number of carbonyl (C=O) groups excluding carboxylic acids is 1. The monoisotopic (exact) mass is 267 g/mol. The molecule has 0 unspecified atom stereocenters. The molecular formula is C11H10BrNO2. The fourth-order valence-corrected chi connectivity index (χ4v) is 2.28. The number of nitrogens with zero attached hydrogens (tertiary/aromatic N) is 1. The number of hydroxylamine groups is 1. The van der Waals surface area contributed by atoms with Gasteiger partial charge in [0.1, 0.15) is 5.60 Å². The van der Waals surface area contributed by atoms with Crippen LogP contribution in [0.3, 0.4) is 0 Å². The predicted molar refractivity (Wildman–Crippen MR) is 59.3 cm³/mol. The van der Waals surface area contributed by atoms with Crippen LogP contribution >= 0.6 is 15.9 Å². The second-order valence-electron chi connectivity index (χ2n) is 4.09. The second kappa shape index (κ2) is 3.06. The standard InChI is InChI=1S/C11H10BrNO2/c12-8-3-1-2-4-9(8)13-10(14)7-11(15-13)5-6-11/h1-4H,5-7H2. The second-order valence-corrected chi connectivity index (χ2v) is 4.94. The molecule has 1 saturated carbocycles. The lowest BCUT2D eigenvalue weighted by molar-refractivity contribution is -0.119. The molecule has 0 radical (unpaired) electrons. The Labute approximate surface area is 96.1 Å². The van der Waals surface area contributed by atoms with Crippen LogP contribution < -0.4 is 5.06 Å². The van der Waals surface area contributed by atoms with Crippen molar-refractivity contribution in [2.45, 2.75) is 24.9 Å². The quantitative estimate of drug-likeness (QED) is 0.783. The molecule has 1 aromatic carbocycles. The lowest BCUT2D eigenvalue weighted by Crippen LogP contribution is -2.23. The molecule has 2 fully saturated rings. The summed E-state index contributed by atoms with van der Waals surface area (Å²) in [7, 11) is 0. The molecular weight excluding hydrogens is 258 g/mol. The van der Waals surface area contributed by atoms with E-state index in [-0.39, 0.29) is 11.5 Å². The Hall–Kier alpha value is -0.870. The van der Waals surface area contributed by atoms with E-state index in [1.807, 2.05) is 24.3 Å². The summed E-state index contributed by atoms with van der Waals surface area (Å²) < 4.78 is 0.885. The van der Waals surface area contributed by atoms with Crippen LogP contribution in [0.2, 0.25) is 0 Å². The van der Waals surface area contributed by atoms with E-state index in [1.54, 1.807) is 0 Å². The van der Waals surface area contributed by atoms with Gasteiger partial charge in [-0.3, -0.25) is 9.63 Å². The normalized spacial score (nSPS) is 22.5. The van der Waals surface area contributed by atoms with Crippen molar-refractivity contribution in [1.29, 1.82) is 0 Å². The Morgan fingerprint density at radius 1 is 1.33 bits per heavy atom. The number of halogens is 1. The van der Waals surface area contributed by atoms with Crippen molar-refractivity contribution in [3.05, 3.63) is 28.7 Å². The van der Waals surface area contributed by atoms with Gasteiger partial charge in [0.05, 0.1) is 12.1 Å². The number of hydrogen-bond acceptors (Lipinski definition) is 2. The minimum absolute atomic E-state index is 0.0550. The van der Waals surface area contributed by atoms with Crippen molar-refractivity contribution in [3.8, 4) is 0 Å². The Bertz CT molecular complexity index is 428. The first-order valence-corrected chi connectivity index (χ1v) is 5.76. The average Bonchev–Trinajstić information content (AvgIpc) is 2.87. The van der Waals surface area contributed by atoms with E-state index in [4.69, 9.17) is 4.84 Å². The molecule has 1 aromatic rings. The van der Waals surface area contributed by atoms with Gasteiger partial charge in [-0.1, -0.05) is 12.1 Å². The summed E-state index contributed by atoms with van der Waals surface area (Å²) in [4.78, 5) is 17.5. The number of hydrogen-bond donors (Lipinski definition) is 0. The maximum atomic E-state index is 11.8. The van der Waals surface area contributed by atoms with Crippen LogP contribution in [-0.2, 0) is 9.63 Å². The van der Waals surface area contributed by atoms with Crippen molar-refractivity contribution >= 4 is 27.5 Å². The summed E-state index contributed by atoms with van der Waals surface area (Å²) >= 11 is 3.42. The smallest absolute Gasteiger partial charge is 0.253 e. The SMILES string of the molecule is O=C1CC2(CC2)ON1c1ccccc1Br. The van der Waals surface area contributed by atoms with E-state index in [0.717, 1.165) is 23.0 Å². The van der Waals surface area contributed by atoms with E-state index in [0.29, 0.717) is 6.42 Å². The van der Waals surface area contributed by atoms with Crippen LogP contribution in [0, 0.1) is 0 Å². The lowest BCUT2D eigenvalue weighted by Gasteiger charge is -2.17. The van der Waals surface area contributed by atoms with Crippen LogP contribution in [-0.4, -0.2) is 11.5 Å². The van der Waals surface area contributed by atoms with Gasteiger partial charge in [0.25, 0.3) is 5.91 Å². The molecule has 78 valence electrons. The molecule has 0 aromatic heterocycles. The Balaban J connectivity index is 1.95. The van der Waals surface area contributed by atoms with Gasteiger partial charge in [-0.2, -0.15) is 5.06 Å². The highest BCUT2D eigenvalue weighted by atomic mass is 79.9. The third kappa shape index (κ3) is 1.48. The van der Waals surface area contributed by atoms with E-state index >= 15 is 0 Å². The van der Waals surface area contributed by atoms with Crippen LogP contribution in [0.15, 0.2) is 28.7 Å². The molecule has 3 rings (SSSR count). The van der Waals surface area contributed by atoms with Crippen molar-refractivity contribution < 1.29 is 9.63 Å². The molecule has 1 aliphatic heterocycles. The first-order valence-electron chi connectivity index (χ1n) is 4.97. The zero-order valence-electron chi connectivity index (χ0n) is 8.07. The number of carbonyl (C=O) groups is 1. The van der Waals surface area contributed by atoms with Crippen molar-refractivity contribution in [2.75, 3.05) is 5.06 Å². The van der Waals surface area contributed by atoms with Gasteiger partial charge in [-0.15, -0.1) is 0 Å². The first-order chi connectivity index (χ1) is 7.20. The molecule has 0 bridgehead atoms. The van der Waals surface area contributed by atoms with Gasteiger partial charge in [0.2, 0.25) is 0 Å². The minimum Gasteiger partial charge on any atom is -0.272 e. The van der Waals surface area contributed by atoms with Crippen molar-refractivity contribution in [2.24, 2.45) is 0 Å². The van der Waals surface area contributed by atoms with Crippen LogP contribution in [0.4, 0.5) is 5.69 Å². The largest absolute Gasteiger partial charge is 0.272 e. The summed E-state index contributed by atoms with van der Waals surface area (Å²) in [6.07, 6.45) is 2.52. The van der Waals surface area contributed by atoms with Crippen molar-refractivity contribution in [3.63, 3.8) is 0 Å². The zero-order chi connectivity index (χ0) is 10.5. The summed E-state index contributed by atoms with van der Waals surface area (Å²) in [5.74, 6) is 0.0550. The molecule has 1 saturated heterocycles. The molecule has 1 heterocycles. The van der Waals surface area contributed by atoms with Crippen LogP contribution in [0.25, 0.3) is 0 Å². The molecule has 4 heteroatoms. The molecule has 0 N–H and O–H groups in total. The molecule has 2 aliphatic rings. The third-order valence-electron chi connectivity index (χ3n) is 2.86. The number of para-hydroxylation sites is 1. The van der Waals surface area contributed by atoms with Crippen LogP contribution in [0.5, 0.6) is 0 Å². The molecule has 1 amide bonds. The highest BCUT2D eigenvalue weighted by Crippen LogP contribution is 2.49. The summed E-state index contributed by atoms with van der Waals surface area (Å²) in [6.45, 7) is 0. The van der Waals surface area contributed by atoms with Crippen LogP contribution in [0.1, 0.15) is 19.3 Å². The fraction of sp³-hybridized carbons (Fsp3) is 0.364. The topological polar surface area (TPSA) is 29.5 Å². The number of benzene rings is 1. The molecule has 0 atom stereocenters. The summed E-state index contributed by atoms with van der Waals surface area (Å²) in [5.41, 5.74) is 0.637. The number of amides is 1. The highest BCUT2D eigenvalue weighted by molar-refractivity contribution is 9.10. The average molecular weight is 268 g/mol. The van der Waals surface area contributed by atoms with E-state index in [1.165, 1.54) is 5.06 Å². The molecule has 3 nitrogen and oxygen atoms in total. The van der Waals surface area contributed by atoms with E-state index < -0.39 is 0 Å². The maximum absolute atomic E-state index is 11.8. The summed E-state index contributed by atoms with van der Waals surface area (Å²) in [5, 5.41) is 1.43. The molecule has 1 spiro atoms. The Kier molecular flexibility index (Phi) is 1.91. The van der Waals surface area contributed by atoms with E-state index in [9.17, 15) is 4.79 Å². The number of anilines is 1. The Morgan fingerprint density at radius 3 is 2.67 bits per heavy atom. The minimum atomic E-state index is -0.160. The van der Waals surface area contributed by atoms with E-state index in [2.05, 4.69) is 15.9 Å². The highest BCUT2D eigenvalue weighted by Gasteiger charge is 2.54. The van der Waals surface area contributed by atoms with Gasteiger partial charge in [-0.25, -0.2) is 0 Å². The van der Waals surface area contributed by atoms with Gasteiger partial charge in [0, 0.05) is 4.47 Å². The Morgan fingerprint density at radius 2 is 2.07 bits per heavy atom.